The average molecular weight is 320 g/mol. The van der Waals surface area contributed by atoms with E-state index in [0.717, 1.165) is 25.9 Å². The number of benzene rings is 1. The molecule has 1 unspecified atom stereocenters. The van der Waals surface area contributed by atoms with E-state index >= 15 is 0 Å². The predicted octanol–water partition coefficient (Wildman–Crippen LogP) is 5.45. The molecule has 0 heterocycles. The first kappa shape index (κ1) is 19.7. The van der Waals surface area contributed by atoms with Crippen LogP contribution in [0.25, 0.3) is 0 Å². The van der Waals surface area contributed by atoms with E-state index in [1.807, 2.05) is 6.07 Å². The minimum atomic E-state index is -0.172. The summed E-state index contributed by atoms with van der Waals surface area (Å²) in [6.07, 6.45) is 9.82. The monoisotopic (exact) mass is 320 g/mol. The third-order valence-corrected chi connectivity index (χ3v) is 3.98. The fourth-order valence-corrected chi connectivity index (χ4v) is 2.56. The summed E-state index contributed by atoms with van der Waals surface area (Å²) >= 11 is 0. The standard InChI is InChI=1S/C20H32O3/c1-18(20-14-10-9-11-15-20)22-16-12-7-5-3-4-6-8-13-17-23-19(2)21/h9-11,14-15,18H,3-8,12-13,16-17H2,1-2H3. The largest absolute Gasteiger partial charge is 0.466 e. The third-order valence-electron chi connectivity index (χ3n) is 3.98. The minimum absolute atomic E-state index is 0.172. The normalized spacial score (nSPS) is 12.1. The van der Waals surface area contributed by atoms with Crippen molar-refractivity contribution >= 4 is 5.97 Å². The Labute approximate surface area is 141 Å². The molecule has 1 rings (SSSR count). The van der Waals surface area contributed by atoms with E-state index in [1.165, 1.54) is 44.6 Å². The maximum Gasteiger partial charge on any atom is 0.302 e. The van der Waals surface area contributed by atoms with Gasteiger partial charge in [0.15, 0.2) is 0 Å². The molecule has 130 valence electrons. The zero-order valence-electron chi connectivity index (χ0n) is 14.8. The molecule has 0 radical (unpaired) electrons. The summed E-state index contributed by atoms with van der Waals surface area (Å²) in [7, 11) is 0. The Morgan fingerprint density at radius 2 is 1.39 bits per heavy atom. The molecule has 0 saturated heterocycles. The fourth-order valence-electron chi connectivity index (χ4n) is 2.56. The molecule has 0 fully saturated rings. The van der Waals surface area contributed by atoms with Crippen molar-refractivity contribution in [3.8, 4) is 0 Å². The van der Waals surface area contributed by atoms with Gasteiger partial charge in [0.25, 0.3) is 0 Å². The van der Waals surface area contributed by atoms with E-state index < -0.39 is 0 Å². The second-order valence-corrected chi connectivity index (χ2v) is 6.09. The lowest BCUT2D eigenvalue weighted by molar-refractivity contribution is -0.141. The second kappa shape index (κ2) is 13.1. The van der Waals surface area contributed by atoms with Crippen LogP contribution in [0.5, 0.6) is 0 Å². The Kier molecular flexibility index (Phi) is 11.2. The first-order chi connectivity index (χ1) is 11.2. The molecule has 0 aliphatic heterocycles. The molecule has 1 aromatic carbocycles. The fraction of sp³-hybridized carbons (Fsp3) is 0.650. The molecule has 3 heteroatoms. The van der Waals surface area contributed by atoms with Crippen molar-refractivity contribution in [2.75, 3.05) is 13.2 Å². The smallest absolute Gasteiger partial charge is 0.302 e. The van der Waals surface area contributed by atoms with Gasteiger partial charge in [0.2, 0.25) is 0 Å². The summed E-state index contributed by atoms with van der Waals surface area (Å²) in [5, 5.41) is 0. The Bertz CT molecular complexity index is 403. The highest BCUT2D eigenvalue weighted by atomic mass is 16.5. The number of hydrogen-bond acceptors (Lipinski definition) is 3. The van der Waals surface area contributed by atoms with E-state index in [9.17, 15) is 4.79 Å². The first-order valence-corrected chi connectivity index (χ1v) is 9.00. The molecule has 0 aromatic heterocycles. The molecular formula is C20H32O3. The van der Waals surface area contributed by atoms with Gasteiger partial charge in [-0.05, 0) is 25.3 Å². The topological polar surface area (TPSA) is 35.5 Å². The summed E-state index contributed by atoms with van der Waals surface area (Å²) in [5.74, 6) is -0.172. The average Bonchev–Trinajstić information content (AvgIpc) is 2.56. The quantitative estimate of drug-likeness (QED) is 0.358. The molecule has 0 N–H and O–H groups in total. The summed E-state index contributed by atoms with van der Waals surface area (Å²) in [6, 6.07) is 10.4. The maximum atomic E-state index is 10.6. The summed E-state index contributed by atoms with van der Waals surface area (Å²) in [4.78, 5) is 10.6. The van der Waals surface area contributed by atoms with Crippen LogP contribution >= 0.6 is 0 Å². The molecular weight excluding hydrogens is 288 g/mol. The number of esters is 1. The Morgan fingerprint density at radius 1 is 0.870 bits per heavy atom. The van der Waals surface area contributed by atoms with Crippen LogP contribution in [0, 0.1) is 0 Å². The Morgan fingerprint density at radius 3 is 1.96 bits per heavy atom. The predicted molar refractivity (Wildman–Crippen MR) is 94.4 cm³/mol. The van der Waals surface area contributed by atoms with Crippen molar-refractivity contribution in [1.29, 1.82) is 0 Å². The zero-order chi connectivity index (χ0) is 16.8. The Balaban J connectivity index is 1.84. The van der Waals surface area contributed by atoms with Crippen LogP contribution in [0.15, 0.2) is 30.3 Å². The highest BCUT2D eigenvalue weighted by Crippen LogP contribution is 2.16. The van der Waals surface area contributed by atoms with E-state index in [4.69, 9.17) is 9.47 Å². The number of rotatable bonds is 13. The van der Waals surface area contributed by atoms with E-state index in [0.29, 0.717) is 6.61 Å². The van der Waals surface area contributed by atoms with Crippen LogP contribution < -0.4 is 0 Å². The molecule has 0 saturated carbocycles. The molecule has 3 nitrogen and oxygen atoms in total. The van der Waals surface area contributed by atoms with Crippen LogP contribution in [0.3, 0.4) is 0 Å². The Hall–Kier alpha value is -1.35. The SMILES string of the molecule is CC(=O)OCCCCCCCCCCOC(C)c1ccccc1. The van der Waals surface area contributed by atoms with Gasteiger partial charge < -0.3 is 9.47 Å². The highest BCUT2D eigenvalue weighted by molar-refractivity contribution is 5.65. The van der Waals surface area contributed by atoms with Gasteiger partial charge in [-0.3, -0.25) is 4.79 Å². The summed E-state index contributed by atoms with van der Waals surface area (Å²) in [6.45, 7) is 5.00. The van der Waals surface area contributed by atoms with Crippen molar-refractivity contribution < 1.29 is 14.3 Å². The van der Waals surface area contributed by atoms with Crippen molar-refractivity contribution in [2.45, 2.75) is 71.3 Å². The second-order valence-electron chi connectivity index (χ2n) is 6.09. The van der Waals surface area contributed by atoms with Gasteiger partial charge in [0, 0.05) is 13.5 Å². The molecule has 23 heavy (non-hydrogen) atoms. The lowest BCUT2D eigenvalue weighted by atomic mass is 10.1. The summed E-state index contributed by atoms with van der Waals surface area (Å²) in [5.41, 5.74) is 1.25. The zero-order valence-corrected chi connectivity index (χ0v) is 14.8. The van der Waals surface area contributed by atoms with E-state index in [-0.39, 0.29) is 12.1 Å². The molecule has 1 aromatic rings. The van der Waals surface area contributed by atoms with Gasteiger partial charge in [-0.25, -0.2) is 0 Å². The highest BCUT2D eigenvalue weighted by Gasteiger charge is 2.03. The van der Waals surface area contributed by atoms with Crippen LogP contribution in [0.1, 0.15) is 76.9 Å². The molecule has 0 aliphatic rings. The van der Waals surface area contributed by atoms with Crippen LogP contribution in [0.4, 0.5) is 0 Å². The van der Waals surface area contributed by atoms with Gasteiger partial charge in [-0.2, -0.15) is 0 Å². The molecule has 0 bridgehead atoms. The minimum Gasteiger partial charge on any atom is -0.466 e. The molecule has 1 atom stereocenters. The molecule has 0 spiro atoms. The van der Waals surface area contributed by atoms with E-state index in [1.54, 1.807) is 0 Å². The number of ether oxygens (including phenoxy) is 2. The van der Waals surface area contributed by atoms with Crippen molar-refractivity contribution in [1.82, 2.24) is 0 Å². The maximum absolute atomic E-state index is 10.6. The van der Waals surface area contributed by atoms with Gasteiger partial charge in [-0.15, -0.1) is 0 Å². The van der Waals surface area contributed by atoms with Crippen LogP contribution in [0.2, 0.25) is 0 Å². The lowest BCUT2D eigenvalue weighted by Crippen LogP contribution is -2.01. The van der Waals surface area contributed by atoms with Crippen LogP contribution in [-0.4, -0.2) is 19.2 Å². The van der Waals surface area contributed by atoms with Gasteiger partial charge >= 0.3 is 5.97 Å². The van der Waals surface area contributed by atoms with Crippen molar-refractivity contribution in [3.63, 3.8) is 0 Å². The number of hydrogen-bond donors (Lipinski definition) is 0. The first-order valence-electron chi connectivity index (χ1n) is 9.00. The van der Waals surface area contributed by atoms with Gasteiger partial charge in [-0.1, -0.05) is 68.9 Å². The van der Waals surface area contributed by atoms with Gasteiger partial charge in [0.1, 0.15) is 0 Å². The van der Waals surface area contributed by atoms with E-state index in [2.05, 4.69) is 31.2 Å². The van der Waals surface area contributed by atoms with Crippen molar-refractivity contribution in [2.24, 2.45) is 0 Å². The number of carbonyl (C=O) groups excluding carboxylic acids is 1. The van der Waals surface area contributed by atoms with Crippen LogP contribution in [-0.2, 0) is 14.3 Å². The van der Waals surface area contributed by atoms with Crippen molar-refractivity contribution in [3.05, 3.63) is 35.9 Å². The number of unbranched alkanes of at least 4 members (excludes halogenated alkanes) is 7. The van der Waals surface area contributed by atoms with Gasteiger partial charge in [0.05, 0.1) is 12.7 Å². The lowest BCUT2D eigenvalue weighted by Gasteiger charge is -2.13. The summed E-state index contributed by atoms with van der Waals surface area (Å²) < 4.78 is 10.8. The molecule has 0 aliphatic carbocycles. The third kappa shape index (κ3) is 10.9. The molecule has 0 amide bonds. The number of carbonyl (C=O) groups is 1.